The number of anilines is 1. The number of hydrogen-bond acceptors (Lipinski definition) is 4. The number of nitrogens with one attached hydrogen (secondary N) is 2. The van der Waals surface area contributed by atoms with Crippen LogP contribution in [0.1, 0.15) is 11.5 Å². The molecule has 3 atom stereocenters. The van der Waals surface area contributed by atoms with Gasteiger partial charge in [-0.2, -0.15) is 0 Å². The Labute approximate surface area is 183 Å². The molecule has 0 spiro atoms. The molecule has 2 aromatic carbocycles. The van der Waals surface area contributed by atoms with Crippen molar-refractivity contribution >= 4 is 35.1 Å². The fraction of sp³-hybridized carbons (Fsp3) is 0.182. The van der Waals surface area contributed by atoms with E-state index < -0.39 is 0 Å². The lowest BCUT2D eigenvalue weighted by Gasteiger charge is -2.18. The maximum atomic E-state index is 12.5. The number of amides is 2. The van der Waals surface area contributed by atoms with E-state index in [9.17, 15) is 4.79 Å². The molecule has 5 rings (SSSR count). The minimum atomic E-state index is -0.335. The standard InChI is InChI=1S/C22H17Cl2N3O3/c23-15-7-8-16(24)21-19(15)18-14(11-29-21)20(18)27-22(28)26-17-9-6-13(10-25-17)30-12-4-2-1-3-5-12/h1-10,14,18,20H,11H2,(H2,25,26,27,28)/t14-,18-,20-/m1/s1. The van der Waals surface area contributed by atoms with Crippen molar-refractivity contribution in [1.82, 2.24) is 10.3 Å². The average Bonchev–Trinajstić information content (AvgIpc) is 3.45. The summed E-state index contributed by atoms with van der Waals surface area (Å²) in [6.45, 7) is 0.493. The molecule has 6 nitrogen and oxygen atoms in total. The zero-order valence-electron chi connectivity index (χ0n) is 15.6. The number of carbonyl (C=O) groups is 1. The van der Waals surface area contributed by atoms with E-state index in [0.717, 1.165) is 11.3 Å². The number of para-hydroxylation sites is 1. The van der Waals surface area contributed by atoms with Gasteiger partial charge in [0.2, 0.25) is 0 Å². The van der Waals surface area contributed by atoms with Crippen LogP contribution >= 0.6 is 23.2 Å². The van der Waals surface area contributed by atoms with Gasteiger partial charge < -0.3 is 14.8 Å². The summed E-state index contributed by atoms with van der Waals surface area (Å²) in [4.78, 5) is 16.7. The Morgan fingerprint density at radius 1 is 1.03 bits per heavy atom. The topological polar surface area (TPSA) is 72.5 Å². The predicted octanol–water partition coefficient (Wildman–Crippen LogP) is 5.48. The summed E-state index contributed by atoms with van der Waals surface area (Å²) in [5.74, 6) is 2.62. The smallest absolute Gasteiger partial charge is 0.320 e. The van der Waals surface area contributed by atoms with Gasteiger partial charge in [0, 0.05) is 28.5 Å². The van der Waals surface area contributed by atoms with Crippen LogP contribution in [0, 0.1) is 5.92 Å². The van der Waals surface area contributed by atoms with E-state index >= 15 is 0 Å². The SMILES string of the molecule is O=C(Nc1ccc(Oc2ccccc2)cn1)N[C@@H]1[C@@H]2COc3c(Cl)ccc(Cl)c3[C@@H]21. The lowest BCUT2D eigenvalue weighted by Crippen LogP contribution is -2.32. The maximum Gasteiger partial charge on any atom is 0.320 e. The number of hydrogen-bond donors (Lipinski definition) is 2. The van der Waals surface area contributed by atoms with Crippen molar-refractivity contribution < 1.29 is 14.3 Å². The first-order chi connectivity index (χ1) is 14.6. The highest BCUT2D eigenvalue weighted by Gasteiger charge is 2.56. The molecule has 1 aliphatic heterocycles. The number of aromatic nitrogens is 1. The van der Waals surface area contributed by atoms with E-state index in [1.807, 2.05) is 30.3 Å². The lowest BCUT2D eigenvalue weighted by atomic mass is 10.1. The molecule has 1 aliphatic carbocycles. The highest BCUT2D eigenvalue weighted by Crippen LogP contribution is 2.57. The Morgan fingerprint density at radius 3 is 2.60 bits per heavy atom. The van der Waals surface area contributed by atoms with Crippen molar-refractivity contribution in [3.05, 3.63) is 76.4 Å². The molecule has 2 aliphatic rings. The van der Waals surface area contributed by atoms with E-state index in [1.54, 1.807) is 30.5 Å². The van der Waals surface area contributed by atoms with Crippen LogP contribution in [0.25, 0.3) is 0 Å². The molecule has 2 heterocycles. The molecular weight excluding hydrogens is 425 g/mol. The summed E-state index contributed by atoms with van der Waals surface area (Å²) in [5, 5.41) is 6.86. The third-order valence-corrected chi connectivity index (χ3v) is 5.90. The second-order valence-corrected chi connectivity index (χ2v) is 8.01. The van der Waals surface area contributed by atoms with Gasteiger partial charge >= 0.3 is 6.03 Å². The van der Waals surface area contributed by atoms with Gasteiger partial charge in [-0.3, -0.25) is 5.32 Å². The molecule has 2 N–H and O–H groups in total. The Kier molecular flexibility index (Phi) is 4.89. The normalized spacial score (nSPS) is 20.9. The number of nitrogens with zero attached hydrogens (tertiary/aromatic N) is 1. The molecule has 1 saturated carbocycles. The van der Waals surface area contributed by atoms with Crippen molar-refractivity contribution in [3.8, 4) is 17.2 Å². The highest BCUT2D eigenvalue weighted by molar-refractivity contribution is 6.35. The number of fused-ring (bicyclic) bond motifs is 3. The number of rotatable bonds is 4. The molecule has 152 valence electrons. The Balaban J connectivity index is 1.21. The number of halogens is 2. The van der Waals surface area contributed by atoms with Crippen molar-refractivity contribution in [1.29, 1.82) is 0 Å². The summed E-state index contributed by atoms with van der Waals surface area (Å²) < 4.78 is 11.5. The third kappa shape index (κ3) is 3.64. The van der Waals surface area contributed by atoms with Gasteiger partial charge in [-0.15, -0.1) is 0 Å². The van der Waals surface area contributed by atoms with Crippen LogP contribution in [0.2, 0.25) is 10.0 Å². The van der Waals surface area contributed by atoms with Crippen LogP contribution in [0.4, 0.5) is 10.6 Å². The van der Waals surface area contributed by atoms with Crippen molar-refractivity contribution in [2.75, 3.05) is 11.9 Å². The van der Waals surface area contributed by atoms with Crippen molar-refractivity contribution in [2.24, 2.45) is 5.92 Å². The summed E-state index contributed by atoms with van der Waals surface area (Å²) in [6, 6.07) is 15.9. The monoisotopic (exact) mass is 441 g/mol. The number of carbonyl (C=O) groups excluding carboxylic acids is 1. The van der Waals surface area contributed by atoms with Crippen LogP contribution in [0.15, 0.2) is 60.8 Å². The third-order valence-electron chi connectivity index (χ3n) is 5.27. The second-order valence-electron chi connectivity index (χ2n) is 7.19. The van der Waals surface area contributed by atoms with Gasteiger partial charge in [-0.25, -0.2) is 9.78 Å². The Hall–Kier alpha value is -2.96. The predicted molar refractivity (Wildman–Crippen MR) is 115 cm³/mol. The number of urea groups is 1. The molecule has 30 heavy (non-hydrogen) atoms. The van der Waals surface area contributed by atoms with Gasteiger partial charge in [0.1, 0.15) is 23.1 Å². The van der Waals surface area contributed by atoms with Crippen molar-refractivity contribution in [3.63, 3.8) is 0 Å². The first-order valence-electron chi connectivity index (χ1n) is 9.47. The van der Waals surface area contributed by atoms with E-state index in [0.29, 0.717) is 34.0 Å². The van der Waals surface area contributed by atoms with Gasteiger partial charge in [0.25, 0.3) is 0 Å². The van der Waals surface area contributed by atoms with E-state index in [-0.39, 0.29) is 23.9 Å². The number of benzene rings is 2. The first-order valence-corrected chi connectivity index (χ1v) is 10.2. The van der Waals surface area contributed by atoms with Crippen LogP contribution in [0.5, 0.6) is 17.2 Å². The summed E-state index contributed by atoms with van der Waals surface area (Å²) in [7, 11) is 0. The van der Waals surface area contributed by atoms with Crippen LogP contribution < -0.4 is 20.1 Å². The lowest BCUT2D eigenvalue weighted by molar-refractivity contribution is 0.249. The van der Waals surface area contributed by atoms with Gasteiger partial charge in [0.05, 0.1) is 17.8 Å². The molecule has 0 bridgehead atoms. The number of pyridine rings is 1. The van der Waals surface area contributed by atoms with Crippen LogP contribution in [-0.4, -0.2) is 23.7 Å². The van der Waals surface area contributed by atoms with E-state index in [4.69, 9.17) is 32.7 Å². The average molecular weight is 442 g/mol. The minimum absolute atomic E-state index is 0.0668. The molecule has 0 saturated heterocycles. The molecule has 0 radical (unpaired) electrons. The molecule has 2 amide bonds. The molecule has 1 fully saturated rings. The summed E-state index contributed by atoms with van der Waals surface area (Å²) in [5.41, 5.74) is 0.867. The molecule has 1 aromatic heterocycles. The largest absolute Gasteiger partial charge is 0.491 e. The van der Waals surface area contributed by atoms with E-state index in [2.05, 4.69) is 15.6 Å². The molecule has 0 unspecified atom stereocenters. The van der Waals surface area contributed by atoms with Crippen LogP contribution in [0.3, 0.4) is 0 Å². The van der Waals surface area contributed by atoms with Crippen LogP contribution in [-0.2, 0) is 0 Å². The summed E-state index contributed by atoms with van der Waals surface area (Å²) >= 11 is 12.6. The van der Waals surface area contributed by atoms with Gasteiger partial charge in [-0.1, -0.05) is 41.4 Å². The maximum absolute atomic E-state index is 12.5. The first kappa shape index (κ1) is 19.0. The molecule has 3 aromatic rings. The Morgan fingerprint density at radius 2 is 1.83 bits per heavy atom. The Bertz CT molecular complexity index is 1090. The zero-order chi connectivity index (χ0) is 20.7. The number of ether oxygens (including phenoxy) is 2. The quantitative estimate of drug-likeness (QED) is 0.562. The summed E-state index contributed by atoms with van der Waals surface area (Å²) in [6.07, 6.45) is 1.56. The second kappa shape index (κ2) is 7.70. The highest BCUT2D eigenvalue weighted by atomic mass is 35.5. The molecule has 8 heteroatoms. The van der Waals surface area contributed by atoms with Gasteiger partial charge in [-0.05, 0) is 36.4 Å². The zero-order valence-corrected chi connectivity index (χ0v) is 17.2. The van der Waals surface area contributed by atoms with Gasteiger partial charge in [0.15, 0.2) is 0 Å². The fourth-order valence-corrected chi connectivity index (χ4v) is 4.29. The fourth-order valence-electron chi connectivity index (χ4n) is 3.80. The molecular formula is C22H17Cl2N3O3. The minimum Gasteiger partial charge on any atom is -0.491 e. The van der Waals surface area contributed by atoms with Crippen molar-refractivity contribution in [2.45, 2.75) is 12.0 Å². The van der Waals surface area contributed by atoms with E-state index in [1.165, 1.54) is 0 Å².